The molecule has 5 nitrogen and oxygen atoms in total. The van der Waals surface area contributed by atoms with Crippen molar-refractivity contribution >= 4 is 27.5 Å². The number of sulfone groups is 1. The number of benzene rings is 2. The molecule has 0 saturated heterocycles. The fourth-order valence-corrected chi connectivity index (χ4v) is 2.83. The van der Waals surface area contributed by atoms with Gasteiger partial charge < -0.3 is 10.1 Å². The van der Waals surface area contributed by atoms with Crippen LogP contribution in [0.2, 0.25) is 0 Å². The van der Waals surface area contributed by atoms with Gasteiger partial charge in [0, 0.05) is 6.08 Å². The summed E-state index contributed by atoms with van der Waals surface area (Å²) >= 11 is 0. The van der Waals surface area contributed by atoms with Gasteiger partial charge in [0.25, 0.3) is 9.84 Å². The number of alkyl halides is 3. The van der Waals surface area contributed by atoms with Crippen LogP contribution in [-0.2, 0) is 14.6 Å². The fourth-order valence-electron chi connectivity index (χ4n) is 2.04. The minimum Gasteiger partial charge on any atom is -0.495 e. The molecule has 0 heterocycles. The van der Waals surface area contributed by atoms with Crippen LogP contribution in [0.5, 0.6) is 5.75 Å². The summed E-state index contributed by atoms with van der Waals surface area (Å²) in [7, 11) is -4.39. The van der Waals surface area contributed by atoms with Crippen LogP contribution in [0.25, 0.3) is 6.08 Å². The summed E-state index contributed by atoms with van der Waals surface area (Å²) in [5.41, 5.74) is -5.37. The van der Waals surface area contributed by atoms with Crippen LogP contribution >= 0.6 is 0 Å². The summed E-state index contributed by atoms with van der Waals surface area (Å²) in [6.45, 7) is 0. The van der Waals surface area contributed by atoms with Gasteiger partial charge >= 0.3 is 5.51 Å². The lowest BCUT2D eigenvalue weighted by molar-refractivity contribution is -0.111. The number of carbonyl (C=O) groups is 1. The predicted molar refractivity (Wildman–Crippen MR) is 90.3 cm³/mol. The van der Waals surface area contributed by atoms with Crippen LogP contribution in [-0.4, -0.2) is 26.9 Å². The van der Waals surface area contributed by atoms with Crippen molar-refractivity contribution in [1.29, 1.82) is 0 Å². The number of halogens is 4. The minimum atomic E-state index is -5.59. The van der Waals surface area contributed by atoms with Crippen molar-refractivity contribution in [2.75, 3.05) is 12.4 Å². The molecule has 10 heteroatoms. The summed E-state index contributed by atoms with van der Waals surface area (Å²) in [6.07, 6.45) is 2.29. The third kappa shape index (κ3) is 4.85. The van der Waals surface area contributed by atoms with E-state index in [0.717, 1.165) is 18.2 Å². The maximum atomic E-state index is 13.1. The van der Waals surface area contributed by atoms with Crippen molar-refractivity contribution < 1.29 is 35.5 Å². The normalized spacial score (nSPS) is 12.2. The molecule has 0 spiro atoms. The molecular weight excluding hydrogens is 390 g/mol. The van der Waals surface area contributed by atoms with Crippen molar-refractivity contribution in [1.82, 2.24) is 0 Å². The molecule has 144 valence electrons. The summed E-state index contributed by atoms with van der Waals surface area (Å²) in [5.74, 6) is -1.33. The van der Waals surface area contributed by atoms with Crippen LogP contribution in [0.3, 0.4) is 0 Å². The zero-order valence-corrected chi connectivity index (χ0v) is 14.6. The van der Waals surface area contributed by atoms with Gasteiger partial charge in [0.15, 0.2) is 0 Å². The highest BCUT2D eigenvalue weighted by Gasteiger charge is 2.47. The van der Waals surface area contributed by atoms with Crippen molar-refractivity contribution in [2.24, 2.45) is 0 Å². The molecule has 0 bridgehead atoms. The number of methoxy groups -OCH3 is 1. The van der Waals surface area contributed by atoms with Crippen LogP contribution in [0.4, 0.5) is 23.2 Å². The first-order valence-corrected chi connectivity index (χ1v) is 8.77. The number of anilines is 1. The lowest BCUT2D eigenvalue weighted by Crippen LogP contribution is -2.23. The van der Waals surface area contributed by atoms with E-state index in [-0.39, 0.29) is 11.4 Å². The molecule has 2 rings (SSSR count). The van der Waals surface area contributed by atoms with E-state index in [1.807, 2.05) is 0 Å². The van der Waals surface area contributed by atoms with Crippen LogP contribution in [0, 0.1) is 5.82 Å². The Morgan fingerprint density at radius 1 is 1.15 bits per heavy atom. The molecule has 0 saturated carbocycles. The van der Waals surface area contributed by atoms with Gasteiger partial charge in [0.1, 0.15) is 11.6 Å². The largest absolute Gasteiger partial charge is 0.501 e. The summed E-state index contributed by atoms with van der Waals surface area (Å²) in [5, 5.41) is 2.23. The molecule has 1 amide bonds. The number of amides is 1. The van der Waals surface area contributed by atoms with Crippen molar-refractivity contribution in [3.63, 3.8) is 0 Å². The first kappa shape index (κ1) is 20.4. The molecule has 0 aromatic heterocycles. The van der Waals surface area contributed by atoms with E-state index < -0.39 is 32.0 Å². The number of hydrogen-bond acceptors (Lipinski definition) is 4. The van der Waals surface area contributed by atoms with Crippen molar-refractivity contribution in [2.45, 2.75) is 10.4 Å². The summed E-state index contributed by atoms with van der Waals surface area (Å²) in [6, 6.07) is 7.71. The van der Waals surface area contributed by atoms with Gasteiger partial charge in [-0.3, -0.25) is 4.79 Å². The standard InChI is InChI=1S/C17H13F4NO4S/c1-26-15-7-6-13(27(24,25)17(19,20)21)10-14(15)22-16(23)8-5-11-3-2-4-12(18)9-11/h2-10H,1H3,(H,22,23). The minimum absolute atomic E-state index is 0.0383. The van der Waals surface area contributed by atoms with Crippen LogP contribution < -0.4 is 10.1 Å². The third-order valence-electron chi connectivity index (χ3n) is 3.32. The average Bonchev–Trinajstić information content (AvgIpc) is 2.59. The molecule has 0 atom stereocenters. The SMILES string of the molecule is COc1ccc(S(=O)(=O)C(F)(F)F)cc1NC(=O)C=Cc1cccc(F)c1. The average molecular weight is 403 g/mol. The Bertz CT molecular complexity index is 985. The van der Waals surface area contributed by atoms with Gasteiger partial charge in [-0.2, -0.15) is 13.2 Å². The van der Waals surface area contributed by atoms with E-state index in [0.29, 0.717) is 11.6 Å². The molecule has 0 aliphatic carbocycles. The van der Waals surface area contributed by atoms with E-state index in [1.165, 1.54) is 37.5 Å². The number of carbonyl (C=O) groups excluding carboxylic acids is 1. The Balaban J connectivity index is 2.29. The van der Waals surface area contributed by atoms with Gasteiger partial charge in [-0.15, -0.1) is 0 Å². The molecule has 0 radical (unpaired) electrons. The molecular formula is C17H13F4NO4S. The number of rotatable bonds is 5. The van der Waals surface area contributed by atoms with Gasteiger partial charge in [0.2, 0.25) is 5.91 Å². The third-order valence-corrected chi connectivity index (χ3v) is 4.80. The quantitative estimate of drug-likeness (QED) is 0.609. The molecule has 2 aromatic rings. The Hall–Kier alpha value is -2.88. The number of ether oxygens (including phenoxy) is 1. The fraction of sp³-hybridized carbons (Fsp3) is 0.118. The molecule has 0 unspecified atom stereocenters. The lowest BCUT2D eigenvalue weighted by Gasteiger charge is -2.13. The second-order valence-corrected chi connectivity index (χ2v) is 7.13. The van der Waals surface area contributed by atoms with Gasteiger partial charge in [-0.1, -0.05) is 12.1 Å². The first-order valence-electron chi connectivity index (χ1n) is 7.28. The highest BCUT2D eigenvalue weighted by molar-refractivity contribution is 7.92. The summed E-state index contributed by atoms with van der Waals surface area (Å²) < 4.78 is 79.1. The predicted octanol–water partition coefficient (Wildman–Crippen LogP) is 3.78. The molecule has 2 aromatic carbocycles. The first-order chi connectivity index (χ1) is 12.5. The lowest BCUT2D eigenvalue weighted by atomic mass is 10.2. The Morgan fingerprint density at radius 2 is 1.85 bits per heavy atom. The van der Waals surface area contributed by atoms with Gasteiger partial charge in [0.05, 0.1) is 17.7 Å². The molecule has 1 N–H and O–H groups in total. The van der Waals surface area contributed by atoms with E-state index in [9.17, 15) is 30.8 Å². The maximum Gasteiger partial charge on any atom is 0.501 e. The Morgan fingerprint density at radius 3 is 2.44 bits per heavy atom. The highest BCUT2D eigenvalue weighted by Crippen LogP contribution is 2.34. The van der Waals surface area contributed by atoms with Crippen molar-refractivity contribution in [3.05, 3.63) is 59.9 Å². The zero-order valence-electron chi connectivity index (χ0n) is 13.7. The van der Waals surface area contributed by atoms with E-state index >= 15 is 0 Å². The van der Waals surface area contributed by atoms with E-state index in [4.69, 9.17) is 4.74 Å². The number of nitrogens with one attached hydrogen (secondary N) is 1. The number of hydrogen-bond donors (Lipinski definition) is 1. The van der Waals surface area contributed by atoms with Crippen LogP contribution in [0.15, 0.2) is 53.4 Å². The smallest absolute Gasteiger partial charge is 0.495 e. The molecule has 0 fully saturated rings. The van der Waals surface area contributed by atoms with Crippen LogP contribution in [0.1, 0.15) is 5.56 Å². The van der Waals surface area contributed by atoms with Gasteiger partial charge in [-0.05, 0) is 42.0 Å². The second-order valence-electron chi connectivity index (χ2n) is 5.19. The van der Waals surface area contributed by atoms with Crippen molar-refractivity contribution in [3.8, 4) is 5.75 Å². The molecule has 0 aliphatic heterocycles. The zero-order chi connectivity index (χ0) is 20.2. The monoisotopic (exact) mass is 403 g/mol. The Labute approximate surface area is 152 Å². The second kappa shape index (κ2) is 7.78. The maximum absolute atomic E-state index is 13.1. The topological polar surface area (TPSA) is 72.5 Å². The van der Waals surface area contributed by atoms with E-state index in [1.54, 1.807) is 0 Å². The Kier molecular flexibility index (Phi) is 5.89. The summed E-state index contributed by atoms with van der Waals surface area (Å²) in [4.78, 5) is 10.9. The highest BCUT2D eigenvalue weighted by atomic mass is 32.2. The molecule has 0 aliphatic rings. The molecule has 27 heavy (non-hydrogen) atoms. The van der Waals surface area contributed by atoms with Gasteiger partial charge in [-0.25, -0.2) is 12.8 Å². The van der Waals surface area contributed by atoms with E-state index in [2.05, 4.69) is 5.32 Å².